The summed E-state index contributed by atoms with van der Waals surface area (Å²) in [6.07, 6.45) is 0. The summed E-state index contributed by atoms with van der Waals surface area (Å²) in [5.41, 5.74) is 8.75. The minimum atomic E-state index is -0.103. The normalized spacial score (nSPS) is 12.4. The van der Waals surface area contributed by atoms with Crippen molar-refractivity contribution in [2.24, 2.45) is 5.73 Å². The molecular formula is C16H22N2O. The molecule has 1 aromatic heterocycles. The maximum atomic E-state index is 6.24. The van der Waals surface area contributed by atoms with E-state index in [1.807, 2.05) is 19.1 Å². The van der Waals surface area contributed by atoms with Gasteiger partial charge in [0, 0.05) is 18.8 Å². The molecule has 19 heavy (non-hydrogen) atoms. The second kappa shape index (κ2) is 5.93. The van der Waals surface area contributed by atoms with Crippen molar-refractivity contribution < 1.29 is 4.42 Å². The Kier molecular flexibility index (Phi) is 4.27. The number of aryl methyl sites for hydroxylation is 2. The minimum Gasteiger partial charge on any atom is -0.465 e. The van der Waals surface area contributed by atoms with Crippen molar-refractivity contribution >= 4 is 5.69 Å². The minimum absolute atomic E-state index is 0.103. The molecule has 0 saturated carbocycles. The highest BCUT2D eigenvalue weighted by molar-refractivity contribution is 5.53. The fourth-order valence-corrected chi connectivity index (χ4v) is 2.30. The first kappa shape index (κ1) is 13.7. The van der Waals surface area contributed by atoms with Crippen molar-refractivity contribution in [2.75, 3.05) is 18.0 Å². The molecule has 0 aliphatic rings. The Morgan fingerprint density at radius 2 is 1.89 bits per heavy atom. The second-order valence-corrected chi connectivity index (χ2v) is 4.88. The average molecular weight is 258 g/mol. The number of para-hydroxylation sites is 1. The second-order valence-electron chi connectivity index (χ2n) is 4.88. The van der Waals surface area contributed by atoms with Gasteiger partial charge in [-0.2, -0.15) is 0 Å². The molecule has 0 radical (unpaired) electrons. The largest absolute Gasteiger partial charge is 0.465 e. The predicted octanol–water partition coefficient (Wildman–Crippen LogP) is 3.42. The Labute approximate surface area is 115 Å². The van der Waals surface area contributed by atoms with E-state index in [1.165, 1.54) is 11.3 Å². The Balaban J connectivity index is 2.13. The summed E-state index contributed by atoms with van der Waals surface area (Å²) in [6, 6.07) is 12.2. The van der Waals surface area contributed by atoms with E-state index < -0.39 is 0 Å². The van der Waals surface area contributed by atoms with Gasteiger partial charge in [-0.15, -0.1) is 0 Å². The lowest BCUT2D eigenvalue weighted by Crippen LogP contribution is -2.32. The SMILES string of the molecule is CCN(CC(N)c1ccc(C)o1)c1ccccc1C. The quantitative estimate of drug-likeness (QED) is 0.893. The molecule has 1 atom stereocenters. The number of rotatable bonds is 5. The van der Waals surface area contributed by atoms with Crippen LogP contribution in [0, 0.1) is 13.8 Å². The first-order valence-electron chi connectivity index (χ1n) is 6.74. The van der Waals surface area contributed by atoms with Crippen LogP contribution in [0.1, 0.15) is 30.0 Å². The molecular weight excluding hydrogens is 236 g/mol. The van der Waals surface area contributed by atoms with E-state index in [1.54, 1.807) is 0 Å². The fourth-order valence-electron chi connectivity index (χ4n) is 2.30. The summed E-state index contributed by atoms with van der Waals surface area (Å²) in [4.78, 5) is 2.29. The zero-order chi connectivity index (χ0) is 13.8. The third kappa shape index (κ3) is 3.18. The monoisotopic (exact) mass is 258 g/mol. The highest BCUT2D eigenvalue weighted by atomic mass is 16.3. The van der Waals surface area contributed by atoms with Crippen molar-refractivity contribution in [3.63, 3.8) is 0 Å². The van der Waals surface area contributed by atoms with Gasteiger partial charge in [-0.05, 0) is 44.5 Å². The van der Waals surface area contributed by atoms with Crippen molar-refractivity contribution in [1.29, 1.82) is 0 Å². The number of nitrogens with two attached hydrogens (primary N) is 1. The molecule has 0 bridgehead atoms. The summed E-state index contributed by atoms with van der Waals surface area (Å²) in [5.74, 6) is 1.76. The maximum Gasteiger partial charge on any atom is 0.122 e. The van der Waals surface area contributed by atoms with E-state index in [4.69, 9.17) is 10.2 Å². The summed E-state index contributed by atoms with van der Waals surface area (Å²) in [6.45, 7) is 7.90. The highest BCUT2D eigenvalue weighted by Crippen LogP contribution is 2.22. The van der Waals surface area contributed by atoms with Gasteiger partial charge in [0.2, 0.25) is 0 Å². The Bertz CT molecular complexity index is 533. The van der Waals surface area contributed by atoms with Gasteiger partial charge in [0.25, 0.3) is 0 Å². The van der Waals surface area contributed by atoms with E-state index in [0.717, 1.165) is 24.6 Å². The van der Waals surface area contributed by atoms with Gasteiger partial charge in [0.15, 0.2) is 0 Å². The molecule has 102 valence electrons. The standard InChI is InChI=1S/C16H22N2O/c1-4-18(15-8-6-5-7-12(15)2)11-14(17)16-10-9-13(3)19-16/h5-10,14H,4,11,17H2,1-3H3. The van der Waals surface area contributed by atoms with Crippen LogP contribution in [0.25, 0.3) is 0 Å². The lowest BCUT2D eigenvalue weighted by molar-refractivity contribution is 0.444. The zero-order valence-electron chi connectivity index (χ0n) is 11.9. The van der Waals surface area contributed by atoms with Crippen LogP contribution in [0.15, 0.2) is 40.8 Å². The molecule has 1 aromatic carbocycles. The Morgan fingerprint density at radius 3 is 2.47 bits per heavy atom. The lowest BCUT2D eigenvalue weighted by Gasteiger charge is -2.27. The molecule has 1 unspecified atom stereocenters. The van der Waals surface area contributed by atoms with Crippen molar-refractivity contribution in [1.82, 2.24) is 0 Å². The van der Waals surface area contributed by atoms with Crippen molar-refractivity contribution in [3.05, 3.63) is 53.5 Å². The number of nitrogens with zero attached hydrogens (tertiary/aromatic N) is 1. The van der Waals surface area contributed by atoms with E-state index in [-0.39, 0.29) is 6.04 Å². The van der Waals surface area contributed by atoms with E-state index in [0.29, 0.717) is 0 Å². The molecule has 3 nitrogen and oxygen atoms in total. The highest BCUT2D eigenvalue weighted by Gasteiger charge is 2.15. The molecule has 1 heterocycles. The molecule has 2 N–H and O–H groups in total. The van der Waals surface area contributed by atoms with Gasteiger partial charge in [-0.25, -0.2) is 0 Å². The fraction of sp³-hybridized carbons (Fsp3) is 0.375. The van der Waals surface area contributed by atoms with Crippen molar-refractivity contribution in [2.45, 2.75) is 26.8 Å². The number of anilines is 1. The van der Waals surface area contributed by atoms with Crippen molar-refractivity contribution in [3.8, 4) is 0 Å². The van der Waals surface area contributed by atoms with E-state index in [2.05, 4.69) is 43.0 Å². The molecule has 0 aliphatic carbocycles. The van der Waals surface area contributed by atoms with Gasteiger partial charge in [0.05, 0.1) is 6.04 Å². The number of hydrogen-bond donors (Lipinski definition) is 1. The molecule has 0 fully saturated rings. The van der Waals surface area contributed by atoms with Crippen LogP contribution >= 0.6 is 0 Å². The number of hydrogen-bond acceptors (Lipinski definition) is 3. The van der Waals surface area contributed by atoms with Gasteiger partial charge in [0.1, 0.15) is 11.5 Å². The van der Waals surface area contributed by atoms with E-state index >= 15 is 0 Å². The number of benzene rings is 1. The van der Waals surface area contributed by atoms with Gasteiger partial charge >= 0.3 is 0 Å². The zero-order valence-corrected chi connectivity index (χ0v) is 11.9. The number of furan rings is 1. The molecule has 3 heteroatoms. The van der Waals surface area contributed by atoms with Crippen LogP contribution in [0.3, 0.4) is 0 Å². The summed E-state index contributed by atoms with van der Waals surface area (Å²) in [7, 11) is 0. The van der Waals surface area contributed by atoms with Crippen LogP contribution in [-0.4, -0.2) is 13.1 Å². The molecule has 0 saturated heterocycles. The first-order valence-corrected chi connectivity index (χ1v) is 6.74. The third-order valence-electron chi connectivity index (χ3n) is 3.38. The predicted molar refractivity (Wildman–Crippen MR) is 79.4 cm³/mol. The summed E-state index contributed by atoms with van der Waals surface area (Å²) < 4.78 is 5.61. The van der Waals surface area contributed by atoms with Crippen LogP contribution < -0.4 is 10.6 Å². The summed E-state index contributed by atoms with van der Waals surface area (Å²) in [5, 5.41) is 0. The summed E-state index contributed by atoms with van der Waals surface area (Å²) >= 11 is 0. The Morgan fingerprint density at radius 1 is 1.16 bits per heavy atom. The average Bonchev–Trinajstić information content (AvgIpc) is 2.83. The smallest absolute Gasteiger partial charge is 0.122 e. The van der Waals surface area contributed by atoms with Gasteiger partial charge in [-0.1, -0.05) is 18.2 Å². The molecule has 2 aromatic rings. The van der Waals surface area contributed by atoms with Crippen LogP contribution in [0.5, 0.6) is 0 Å². The van der Waals surface area contributed by atoms with Gasteiger partial charge < -0.3 is 15.1 Å². The topological polar surface area (TPSA) is 42.4 Å². The van der Waals surface area contributed by atoms with Crippen LogP contribution in [0.4, 0.5) is 5.69 Å². The molecule has 0 spiro atoms. The maximum absolute atomic E-state index is 6.24. The molecule has 0 amide bonds. The van der Waals surface area contributed by atoms with Gasteiger partial charge in [-0.3, -0.25) is 0 Å². The van der Waals surface area contributed by atoms with Crippen LogP contribution in [0.2, 0.25) is 0 Å². The molecule has 0 aliphatic heterocycles. The third-order valence-corrected chi connectivity index (χ3v) is 3.38. The van der Waals surface area contributed by atoms with E-state index in [9.17, 15) is 0 Å². The first-order chi connectivity index (χ1) is 9.11. The Hall–Kier alpha value is -1.74. The van der Waals surface area contributed by atoms with Crippen LogP contribution in [-0.2, 0) is 0 Å². The lowest BCUT2D eigenvalue weighted by atomic mass is 10.1. The molecule has 2 rings (SSSR count). The number of likely N-dealkylation sites (N-methyl/N-ethyl adjacent to an activating group) is 1.